The largest absolute Gasteiger partial charge is 0.497 e. The number of amides is 2. The van der Waals surface area contributed by atoms with Gasteiger partial charge in [0, 0.05) is 24.8 Å². The lowest BCUT2D eigenvalue weighted by molar-refractivity contribution is -0.139. The summed E-state index contributed by atoms with van der Waals surface area (Å²) in [5.41, 5.74) is 4.32. The molecule has 0 radical (unpaired) electrons. The fourth-order valence-electron chi connectivity index (χ4n) is 3.93. The van der Waals surface area contributed by atoms with E-state index in [0.29, 0.717) is 13.0 Å². The summed E-state index contributed by atoms with van der Waals surface area (Å²) in [5, 5.41) is 3.03. The van der Waals surface area contributed by atoms with E-state index in [0.717, 1.165) is 22.6 Å². The van der Waals surface area contributed by atoms with Gasteiger partial charge in [-0.15, -0.1) is 11.8 Å². The van der Waals surface area contributed by atoms with Crippen molar-refractivity contribution in [3.63, 3.8) is 0 Å². The summed E-state index contributed by atoms with van der Waals surface area (Å²) >= 11 is 1.57. The molecule has 0 unspecified atom stereocenters. The number of hydrogen-bond donors (Lipinski definition) is 1. The van der Waals surface area contributed by atoms with Crippen LogP contribution in [0.2, 0.25) is 0 Å². The molecular weight excluding hydrogens is 468 g/mol. The summed E-state index contributed by atoms with van der Waals surface area (Å²) in [6.07, 6.45) is 0.442. The smallest absolute Gasteiger partial charge is 0.243 e. The van der Waals surface area contributed by atoms with Crippen LogP contribution in [-0.2, 0) is 28.3 Å². The van der Waals surface area contributed by atoms with Crippen LogP contribution in [0.15, 0.2) is 78.9 Å². The molecule has 0 aliphatic carbocycles. The van der Waals surface area contributed by atoms with Crippen LogP contribution in [0.5, 0.6) is 5.75 Å². The van der Waals surface area contributed by atoms with Crippen LogP contribution in [0, 0.1) is 6.92 Å². The summed E-state index contributed by atoms with van der Waals surface area (Å²) in [7, 11) is 1.62. The first-order valence-electron chi connectivity index (χ1n) is 12.3. The number of carbonyl (C=O) groups excluding carboxylic acids is 2. The average molecular weight is 505 g/mol. The standard InChI is InChI=1S/C30H36N2O3S/c1-22(2)31-30(34)28(18-24-9-6-5-7-10-24)32(19-26-11-8-12-27(17-26)35-4)29(33)21-36-20-25-15-13-23(3)14-16-25/h5-17,22,28H,18-21H2,1-4H3,(H,31,34)/t28-/m0/s1. The summed E-state index contributed by atoms with van der Waals surface area (Å²) in [5.74, 6) is 1.54. The predicted octanol–water partition coefficient (Wildman–Crippen LogP) is 5.40. The SMILES string of the molecule is COc1cccc(CN(C(=O)CSCc2ccc(C)cc2)[C@@H](Cc2ccccc2)C(=O)NC(C)C)c1. The fraction of sp³-hybridized carbons (Fsp3) is 0.333. The van der Waals surface area contributed by atoms with Crippen LogP contribution in [0.25, 0.3) is 0 Å². The number of aryl methyl sites for hydroxylation is 1. The Bertz CT molecular complexity index is 1120. The third-order valence-corrected chi connectivity index (χ3v) is 6.79. The van der Waals surface area contributed by atoms with E-state index in [1.54, 1.807) is 23.8 Å². The first-order valence-corrected chi connectivity index (χ1v) is 13.4. The first-order chi connectivity index (χ1) is 17.4. The van der Waals surface area contributed by atoms with E-state index < -0.39 is 6.04 Å². The number of rotatable bonds is 12. The van der Waals surface area contributed by atoms with E-state index in [1.807, 2.05) is 68.4 Å². The predicted molar refractivity (Wildman–Crippen MR) is 148 cm³/mol. The molecule has 0 aromatic heterocycles. The van der Waals surface area contributed by atoms with Crippen molar-refractivity contribution in [3.05, 3.63) is 101 Å². The molecule has 0 spiro atoms. The van der Waals surface area contributed by atoms with E-state index >= 15 is 0 Å². The molecule has 0 bridgehead atoms. The molecule has 6 heteroatoms. The van der Waals surface area contributed by atoms with Gasteiger partial charge in [-0.05, 0) is 49.6 Å². The van der Waals surface area contributed by atoms with Crippen LogP contribution in [0.1, 0.15) is 36.1 Å². The monoisotopic (exact) mass is 504 g/mol. The van der Waals surface area contributed by atoms with Gasteiger partial charge in [0.15, 0.2) is 0 Å². The molecule has 5 nitrogen and oxygen atoms in total. The topological polar surface area (TPSA) is 58.6 Å². The highest BCUT2D eigenvalue weighted by Gasteiger charge is 2.30. The second kappa shape index (κ2) is 13.7. The Morgan fingerprint density at radius 2 is 1.61 bits per heavy atom. The molecule has 1 N–H and O–H groups in total. The number of carbonyl (C=O) groups is 2. The first kappa shape index (κ1) is 27.3. The van der Waals surface area contributed by atoms with Crippen LogP contribution < -0.4 is 10.1 Å². The second-order valence-electron chi connectivity index (χ2n) is 9.22. The van der Waals surface area contributed by atoms with Crippen molar-refractivity contribution in [1.82, 2.24) is 10.2 Å². The number of nitrogens with zero attached hydrogens (tertiary/aromatic N) is 1. The van der Waals surface area contributed by atoms with Crippen molar-refractivity contribution in [1.29, 1.82) is 0 Å². The number of thioether (sulfide) groups is 1. The van der Waals surface area contributed by atoms with Crippen LogP contribution in [0.3, 0.4) is 0 Å². The van der Waals surface area contributed by atoms with E-state index in [-0.39, 0.29) is 23.6 Å². The number of methoxy groups -OCH3 is 1. The third kappa shape index (κ3) is 8.45. The lowest BCUT2D eigenvalue weighted by Gasteiger charge is -2.32. The van der Waals surface area contributed by atoms with Gasteiger partial charge in [-0.1, -0.05) is 72.3 Å². The molecule has 36 heavy (non-hydrogen) atoms. The molecule has 1 atom stereocenters. The molecule has 0 heterocycles. The minimum atomic E-state index is -0.631. The van der Waals surface area contributed by atoms with Crippen molar-refractivity contribution in [2.45, 2.75) is 51.6 Å². The Kier molecular flexibility index (Phi) is 10.4. The fourth-order valence-corrected chi connectivity index (χ4v) is 4.80. The molecule has 190 valence electrons. The zero-order valence-corrected chi connectivity index (χ0v) is 22.4. The van der Waals surface area contributed by atoms with Crippen LogP contribution >= 0.6 is 11.8 Å². The summed E-state index contributed by atoms with van der Waals surface area (Å²) in [4.78, 5) is 28.8. The molecule has 3 aromatic rings. The van der Waals surface area contributed by atoms with Crippen molar-refractivity contribution < 1.29 is 14.3 Å². The number of nitrogens with one attached hydrogen (secondary N) is 1. The lowest BCUT2D eigenvalue weighted by Crippen LogP contribution is -2.52. The Balaban J connectivity index is 1.85. The molecule has 0 aliphatic heterocycles. The maximum atomic E-state index is 13.7. The summed E-state index contributed by atoms with van der Waals surface area (Å²) in [6, 6.07) is 25.2. The summed E-state index contributed by atoms with van der Waals surface area (Å²) in [6.45, 7) is 6.25. The van der Waals surface area contributed by atoms with E-state index in [9.17, 15) is 9.59 Å². The van der Waals surface area contributed by atoms with Gasteiger partial charge in [0.2, 0.25) is 11.8 Å². The molecule has 3 rings (SSSR count). The van der Waals surface area contributed by atoms with Gasteiger partial charge >= 0.3 is 0 Å². The van der Waals surface area contributed by atoms with Crippen LogP contribution in [0.4, 0.5) is 0 Å². The lowest BCUT2D eigenvalue weighted by atomic mass is 10.0. The molecular formula is C30H36N2O3S. The third-order valence-electron chi connectivity index (χ3n) is 5.80. The van der Waals surface area contributed by atoms with Gasteiger partial charge in [-0.3, -0.25) is 9.59 Å². The highest BCUT2D eigenvalue weighted by molar-refractivity contribution is 7.99. The van der Waals surface area contributed by atoms with Crippen molar-refractivity contribution in [2.24, 2.45) is 0 Å². The highest BCUT2D eigenvalue weighted by atomic mass is 32.2. The van der Waals surface area contributed by atoms with Crippen molar-refractivity contribution >= 4 is 23.6 Å². The quantitative estimate of drug-likeness (QED) is 0.359. The van der Waals surface area contributed by atoms with E-state index in [1.165, 1.54) is 11.1 Å². The molecule has 0 aliphatic rings. The Hall–Kier alpha value is -3.25. The van der Waals surface area contributed by atoms with Gasteiger partial charge in [0.25, 0.3) is 0 Å². The van der Waals surface area contributed by atoms with Gasteiger partial charge in [-0.2, -0.15) is 0 Å². The Morgan fingerprint density at radius 3 is 2.28 bits per heavy atom. The number of ether oxygens (including phenoxy) is 1. The summed E-state index contributed by atoms with van der Waals surface area (Å²) < 4.78 is 5.39. The molecule has 2 amide bonds. The highest BCUT2D eigenvalue weighted by Crippen LogP contribution is 2.21. The normalized spacial score (nSPS) is 11.7. The second-order valence-corrected chi connectivity index (χ2v) is 10.2. The van der Waals surface area contributed by atoms with Gasteiger partial charge in [-0.25, -0.2) is 0 Å². The van der Waals surface area contributed by atoms with Crippen molar-refractivity contribution in [2.75, 3.05) is 12.9 Å². The zero-order chi connectivity index (χ0) is 25.9. The van der Waals surface area contributed by atoms with E-state index in [2.05, 4.69) is 36.5 Å². The van der Waals surface area contributed by atoms with Gasteiger partial charge in [0.05, 0.1) is 12.9 Å². The van der Waals surface area contributed by atoms with Gasteiger partial charge in [0.1, 0.15) is 11.8 Å². The zero-order valence-electron chi connectivity index (χ0n) is 21.6. The minimum Gasteiger partial charge on any atom is -0.497 e. The van der Waals surface area contributed by atoms with E-state index in [4.69, 9.17) is 4.74 Å². The molecule has 3 aromatic carbocycles. The Morgan fingerprint density at radius 1 is 0.917 bits per heavy atom. The van der Waals surface area contributed by atoms with Gasteiger partial charge < -0.3 is 15.0 Å². The maximum absolute atomic E-state index is 13.7. The van der Waals surface area contributed by atoms with Crippen LogP contribution in [-0.4, -0.2) is 41.7 Å². The van der Waals surface area contributed by atoms with Crippen molar-refractivity contribution in [3.8, 4) is 5.75 Å². The number of hydrogen-bond acceptors (Lipinski definition) is 4. The maximum Gasteiger partial charge on any atom is 0.243 e. The molecule has 0 saturated carbocycles. The number of benzene rings is 3. The molecule has 0 fully saturated rings. The molecule has 0 saturated heterocycles. The average Bonchev–Trinajstić information content (AvgIpc) is 2.87. The Labute approximate surface area is 219 Å². The minimum absolute atomic E-state index is 0.0274.